The lowest BCUT2D eigenvalue weighted by Crippen LogP contribution is -2.47. The molecule has 0 bridgehead atoms. The number of halogens is 3. The van der Waals surface area contributed by atoms with Gasteiger partial charge in [0.1, 0.15) is 6.04 Å². The third-order valence-corrected chi connectivity index (χ3v) is 2.14. The molecule has 0 fully saturated rings. The van der Waals surface area contributed by atoms with Crippen LogP contribution in [0, 0.1) is 0 Å². The maximum absolute atomic E-state index is 11.8. The Morgan fingerprint density at radius 1 is 1.41 bits per heavy atom. The highest BCUT2D eigenvalue weighted by Gasteiger charge is 2.28. The summed E-state index contributed by atoms with van der Waals surface area (Å²) in [5.74, 6) is -1.19. The summed E-state index contributed by atoms with van der Waals surface area (Å²) in [5.41, 5.74) is 0. The van der Waals surface area contributed by atoms with Gasteiger partial charge in [-0.3, -0.25) is 0 Å². The second-order valence-electron chi connectivity index (χ2n) is 3.47. The number of urea groups is 1. The van der Waals surface area contributed by atoms with E-state index in [-0.39, 0.29) is 6.42 Å². The van der Waals surface area contributed by atoms with Crippen molar-refractivity contribution in [2.45, 2.75) is 32.0 Å². The molecular weight excluding hydrogens is 241 g/mol. The number of nitrogens with zero attached hydrogens (tertiary/aromatic N) is 1. The maximum atomic E-state index is 11.8. The summed E-state index contributed by atoms with van der Waals surface area (Å²) in [4.78, 5) is 22.9. The highest BCUT2D eigenvalue weighted by atomic mass is 19.4. The number of carbonyl (C=O) groups excluding carboxylic acids is 1. The first kappa shape index (κ1) is 15.5. The summed E-state index contributed by atoms with van der Waals surface area (Å²) >= 11 is 0. The molecule has 0 saturated heterocycles. The van der Waals surface area contributed by atoms with Crippen LogP contribution in [0.4, 0.5) is 18.0 Å². The number of carbonyl (C=O) groups is 2. The molecule has 0 rings (SSSR count). The number of carboxylic acid groups (broad SMARTS) is 1. The Morgan fingerprint density at radius 3 is 2.29 bits per heavy atom. The number of alkyl halides is 3. The molecule has 0 aromatic rings. The first-order valence-electron chi connectivity index (χ1n) is 4.99. The summed E-state index contributed by atoms with van der Waals surface area (Å²) in [7, 11) is 1.23. The van der Waals surface area contributed by atoms with E-state index >= 15 is 0 Å². The summed E-state index contributed by atoms with van der Waals surface area (Å²) in [6.45, 7) is 1.00. The second-order valence-corrected chi connectivity index (χ2v) is 3.47. The van der Waals surface area contributed by atoms with Gasteiger partial charge in [-0.1, -0.05) is 6.92 Å². The van der Waals surface area contributed by atoms with Crippen molar-refractivity contribution in [2.24, 2.45) is 0 Å². The van der Waals surface area contributed by atoms with Gasteiger partial charge < -0.3 is 15.3 Å². The van der Waals surface area contributed by atoms with Crippen molar-refractivity contribution in [3.8, 4) is 0 Å². The maximum Gasteiger partial charge on any atom is 0.390 e. The minimum atomic E-state index is -4.34. The minimum absolute atomic E-state index is 0.179. The second kappa shape index (κ2) is 6.31. The lowest BCUT2D eigenvalue weighted by atomic mass is 10.2. The Bertz CT molecular complexity index is 281. The number of carboxylic acids is 1. The van der Waals surface area contributed by atoms with Crippen LogP contribution in [0.2, 0.25) is 0 Å². The molecule has 8 heteroatoms. The number of hydrogen-bond acceptors (Lipinski definition) is 2. The van der Waals surface area contributed by atoms with Crippen LogP contribution in [0.3, 0.4) is 0 Å². The van der Waals surface area contributed by atoms with Gasteiger partial charge in [-0.15, -0.1) is 0 Å². The zero-order valence-electron chi connectivity index (χ0n) is 9.54. The largest absolute Gasteiger partial charge is 0.480 e. The number of rotatable bonds is 5. The highest BCUT2D eigenvalue weighted by Crippen LogP contribution is 2.18. The van der Waals surface area contributed by atoms with Gasteiger partial charge in [0.2, 0.25) is 0 Å². The molecule has 0 aliphatic rings. The van der Waals surface area contributed by atoms with Crippen molar-refractivity contribution in [3.05, 3.63) is 0 Å². The van der Waals surface area contributed by atoms with Crippen molar-refractivity contribution in [1.82, 2.24) is 10.2 Å². The van der Waals surface area contributed by atoms with Crippen LogP contribution >= 0.6 is 0 Å². The van der Waals surface area contributed by atoms with E-state index in [1.807, 2.05) is 5.32 Å². The highest BCUT2D eigenvalue weighted by molar-refractivity contribution is 5.82. The first-order chi connectivity index (χ1) is 7.69. The molecule has 0 aromatic heterocycles. The quantitative estimate of drug-likeness (QED) is 0.782. The molecule has 17 heavy (non-hydrogen) atoms. The van der Waals surface area contributed by atoms with Crippen LogP contribution in [-0.2, 0) is 4.79 Å². The van der Waals surface area contributed by atoms with Gasteiger partial charge in [-0.2, -0.15) is 13.2 Å². The van der Waals surface area contributed by atoms with Crippen molar-refractivity contribution >= 4 is 12.0 Å². The Balaban J connectivity index is 4.18. The van der Waals surface area contributed by atoms with Gasteiger partial charge in [-0.05, 0) is 6.42 Å². The fourth-order valence-electron chi connectivity index (χ4n) is 1.19. The van der Waals surface area contributed by atoms with Gasteiger partial charge in [0, 0.05) is 13.6 Å². The van der Waals surface area contributed by atoms with Crippen LogP contribution in [0.25, 0.3) is 0 Å². The van der Waals surface area contributed by atoms with Crippen molar-refractivity contribution < 1.29 is 27.9 Å². The number of likely N-dealkylation sites (N-methyl/N-ethyl adjacent to an activating group) is 1. The molecule has 100 valence electrons. The Hall–Kier alpha value is -1.47. The fraction of sp³-hybridized carbons (Fsp3) is 0.778. The summed E-state index contributed by atoms with van der Waals surface area (Å²) in [6.07, 6.45) is -5.31. The zero-order valence-corrected chi connectivity index (χ0v) is 9.54. The zero-order chi connectivity index (χ0) is 13.6. The number of amides is 2. The van der Waals surface area contributed by atoms with E-state index in [1.165, 1.54) is 7.05 Å². The molecular formula is C9H15F3N2O3. The van der Waals surface area contributed by atoms with E-state index in [0.717, 1.165) is 4.90 Å². The van der Waals surface area contributed by atoms with Crippen LogP contribution in [0.1, 0.15) is 19.8 Å². The van der Waals surface area contributed by atoms with Gasteiger partial charge in [-0.25, -0.2) is 9.59 Å². The standard InChI is InChI=1S/C9H15F3N2O3/c1-3-6(7(15)16)14(2)8(17)13-5-4-9(10,11)12/h6H,3-5H2,1-2H3,(H,13,17)(H,15,16). The van der Waals surface area contributed by atoms with Crippen molar-refractivity contribution in [1.29, 1.82) is 0 Å². The van der Waals surface area contributed by atoms with Gasteiger partial charge >= 0.3 is 18.2 Å². The van der Waals surface area contributed by atoms with E-state index in [0.29, 0.717) is 0 Å². The van der Waals surface area contributed by atoms with Crippen molar-refractivity contribution in [3.63, 3.8) is 0 Å². The predicted molar refractivity (Wildman–Crippen MR) is 53.5 cm³/mol. The van der Waals surface area contributed by atoms with Crippen molar-refractivity contribution in [2.75, 3.05) is 13.6 Å². The van der Waals surface area contributed by atoms with E-state index in [1.54, 1.807) is 6.92 Å². The van der Waals surface area contributed by atoms with E-state index in [2.05, 4.69) is 0 Å². The molecule has 1 atom stereocenters. The number of aliphatic carboxylic acids is 1. The molecule has 2 N–H and O–H groups in total. The number of nitrogens with one attached hydrogen (secondary N) is 1. The topological polar surface area (TPSA) is 69.6 Å². The summed E-state index contributed by atoms with van der Waals surface area (Å²) in [6, 6.07) is -1.87. The van der Waals surface area contributed by atoms with Crippen LogP contribution in [0.15, 0.2) is 0 Å². The average molecular weight is 256 g/mol. The molecule has 0 aromatic carbocycles. The van der Waals surface area contributed by atoms with Crippen LogP contribution in [-0.4, -0.2) is 47.8 Å². The molecule has 5 nitrogen and oxygen atoms in total. The molecule has 0 heterocycles. The lowest BCUT2D eigenvalue weighted by Gasteiger charge is -2.24. The molecule has 1 unspecified atom stereocenters. The Kier molecular flexibility index (Phi) is 5.77. The summed E-state index contributed by atoms with van der Waals surface area (Å²) in [5, 5.41) is 10.8. The Morgan fingerprint density at radius 2 is 1.94 bits per heavy atom. The van der Waals surface area contributed by atoms with E-state index < -0.39 is 37.2 Å². The van der Waals surface area contributed by atoms with Gasteiger partial charge in [0.25, 0.3) is 0 Å². The van der Waals surface area contributed by atoms with Gasteiger partial charge in [0.15, 0.2) is 0 Å². The fourth-order valence-corrected chi connectivity index (χ4v) is 1.19. The monoisotopic (exact) mass is 256 g/mol. The molecule has 0 aliphatic heterocycles. The van der Waals surface area contributed by atoms with Gasteiger partial charge in [0.05, 0.1) is 6.42 Å². The third-order valence-electron chi connectivity index (χ3n) is 2.14. The predicted octanol–water partition coefficient (Wildman–Crippen LogP) is 1.44. The van der Waals surface area contributed by atoms with E-state index in [9.17, 15) is 22.8 Å². The van der Waals surface area contributed by atoms with Crippen LogP contribution < -0.4 is 5.32 Å². The molecule has 2 amide bonds. The average Bonchev–Trinajstić information content (AvgIpc) is 2.15. The first-order valence-corrected chi connectivity index (χ1v) is 4.99. The molecule has 0 radical (unpaired) electrons. The minimum Gasteiger partial charge on any atom is -0.480 e. The third kappa shape index (κ3) is 5.98. The lowest BCUT2D eigenvalue weighted by molar-refractivity contribution is -0.142. The SMILES string of the molecule is CCC(C(=O)O)N(C)C(=O)NCCC(F)(F)F. The molecule has 0 spiro atoms. The summed E-state index contributed by atoms with van der Waals surface area (Å²) < 4.78 is 35.4. The number of hydrogen-bond donors (Lipinski definition) is 2. The van der Waals surface area contributed by atoms with Crippen LogP contribution in [0.5, 0.6) is 0 Å². The van der Waals surface area contributed by atoms with E-state index in [4.69, 9.17) is 5.11 Å². The molecule has 0 aliphatic carbocycles. The molecule has 0 saturated carbocycles. The smallest absolute Gasteiger partial charge is 0.390 e. The normalized spacial score (nSPS) is 13.0. The Labute approximate surface area is 96.6 Å².